The molecule has 2 aromatic rings. The van der Waals surface area contributed by atoms with E-state index in [1.54, 1.807) is 48.5 Å². The molecule has 0 unspecified atom stereocenters. The van der Waals surface area contributed by atoms with E-state index in [0.29, 0.717) is 17.7 Å². The smallest absolute Gasteiger partial charge is 0.262 e. The Morgan fingerprint density at radius 2 is 1.78 bits per heavy atom. The minimum atomic E-state index is -0.838. The van der Waals surface area contributed by atoms with E-state index >= 15 is 0 Å². The van der Waals surface area contributed by atoms with E-state index in [2.05, 4.69) is 4.98 Å². The lowest BCUT2D eigenvalue weighted by Gasteiger charge is -2.38. The lowest BCUT2D eigenvalue weighted by Crippen LogP contribution is -2.51. The quantitative estimate of drug-likeness (QED) is 0.786. The Bertz CT molecular complexity index is 862. The summed E-state index contributed by atoms with van der Waals surface area (Å²) >= 11 is 0. The number of piperidine rings is 1. The number of aromatic nitrogens is 1. The number of hydrogen-bond donors (Lipinski definition) is 0. The second kappa shape index (κ2) is 6.95. The van der Waals surface area contributed by atoms with E-state index in [-0.39, 0.29) is 11.9 Å². The second-order valence-corrected chi connectivity index (χ2v) is 7.03. The zero-order chi connectivity index (χ0) is 19.0. The number of fused-ring (bicyclic) bond motifs is 1. The SMILES string of the molecule is C[C@@H](C(=O)N1CCCC[C@H]1c1cccnc1)N1C(=O)c2ccccc2C1=O. The Morgan fingerprint density at radius 1 is 1.07 bits per heavy atom. The first-order chi connectivity index (χ1) is 13.1. The number of nitrogens with zero attached hydrogens (tertiary/aromatic N) is 3. The number of imide groups is 1. The lowest BCUT2D eigenvalue weighted by atomic mass is 9.95. The van der Waals surface area contributed by atoms with Crippen LogP contribution in [0.2, 0.25) is 0 Å². The van der Waals surface area contributed by atoms with Crippen LogP contribution in [-0.4, -0.2) is 45.1 Å². The van der Waals surface area contributed by atoms with Crippen LogP contribution >= 0.6 is 0 Å². The zero-order valence-electron chi connectivity index (χ0n) is 15.2. The first kappa shape index (κ1) is 17.4. The number of hydrogen-bond acceptors (Lipinski definition) is 4. The zero-order valence-corrected chi connectivity index (χ0v) is 15.2. The van der Waals surface area contributed by atoms with Gasteiger partial charge in [-0.1, -0.05) is 18.2 Å². The number of likely N-dealkylation sites (tertiary alicyclic amines) is 1. The second-order valence-electron chi connectivity index (χ2n) is 7.03. The minimum absolute atomic E-state index is 0.0717. The molecule has 1 fully saturated rings. The summed E-state index contributed by atoms with van der Waals surface area (Å²) in [4.78, 5) is 45.8. The van der Waals surface area contributed by atoms with Crippen LogP contribution in [-0.2, 0) is 4.79 Å². The van der Waals surface area contributed by atoms with Crippen molar-refractivity contribution >= 4 is 17.7 Å². The van der Waals surface area contributed by atoms with Crippen molar-refractivity contribution in [2.75, 3.05) is 6.54 Å². The normalized spacial score (nSPS) is 20.6. The highest BCUT2D eigenvalue weighted by Gasteiger charge is 2.43. The Morgan fingerprint density at radius 3 is 2.41 bits per heavy atom. The summed E-state index contributed by atoms with van der Waals surface area (Å²) in [6, 6.07) is 9.63. The summed E-state index contributed by atoms with van der Waals surface area (Å²) in [5.74, 6) is -0.990. The van der Waals surface area contributed by atoms with Crippen molar-refractivity contribution in [1.29, 1.82) is 0 Å². The van der Waals surface area contributed by atoms with E-state index < -0.39 is 17.9 Å². The fourth-order valence-electron chi connectivity index (χ4n) is 4.03. The maximum atomic E-state index is 13.3. The van der Waals surface area contributed by atoms with Gasteiger partial charge < -0.3 is 4.90 Å². The number of carbonyl (C=O) groups excluding carboxylic acids is 3. The average Bonchev–Trinajstić information content (AvgIpc) is 2.98. The molecule has 0 saturated carbocycles. The molecule has 2 aliphatic rings. The predicted molar refractivity (Wildman–Crippen MR) is 98.9 cm³/mol. The standard InChI is InChI=1S/C21H21N3O3/c1-14(24-20(26)16-8-2-3-9-17(16)21(24)27)19(25)23-12-5-4-10-18(23)15-7-6-11-22-13-15/h2-3,6-9,11,13-14,18H,4-5,10,12H2,1H3/t14-,18-/m0/s1. The molecule has 0 N–H and O–H groups in total. The van der Waals surface area contributed by atoms with Gasteiger partial charge in [0.05, 0.1) is 17.2 Å². The van der Waals surface area contributed by atoms with Crippen molar-refractivity contribution in [2.24, 2.45) is 0 Å². The van der Waals surface area contributed by atoms with E-state index in [1.807, 2.05) is 12.1 Å². The molecule has 0 aliphatic carbocycles. The van der Waals surface area contributed by atoms with Gasteiger partial charge in [-0.2, -0.15) is 0 Å². The highest BCUT2D eigenvalue weighted by atomic mass is 16.2. The molecule has 6 heteroatoms. The minimum Gasteiger partial charge on any atom is -0.334 e. The molecule has 3 heterocycles. The van der Waals surface area contributed by atoms with Crippen molar-refractivity contribution in [3.8, 4) is 0 Å². The van der Waals surface area contributed by atoms with Gasteiger partial charge in [0.15, 0.2) is 0 Å². The summed E-state index contributed by atoms with van der Waals surface area (Å²) in [7, 11) is 0. The molecule has 0 spiro atoms. The molecule has 1 saturated heterocycles. The molecular formula is C21H21N3O3. The van der Waals surface area contributed by atoms with E-state index in [1.165, 1.54) is 0 Å². The summed E-state index contributed by atoms with van der Waals surface area (Å²) in [6.07, 6.45) is 6.29. The molecule has 2 aliphatic heterocycles. The number of carbonyl (C=O) groups is 3. The molecule has 0 radical (unpaired) electrons. The van der Waals surface area contributed by atoms with E-state index in [4.69, 9.17) is 0 Å². The topological polar surface area (TPSA) is 70.6 Å². The molecule has 1 aromatic carbocycles. The molecule has 27 heavy (non-hydrogen) atoms. The van der Waals surface area contributed by atoms with Crippen LogP contribution in [0.25, 0.3) is 0 Å². The predicted octanol–water partition coefficient (Wildman–Crippen LogP) is 2.82. The first-order valence-electron chi connectivity index (χ1n) is 9.27. The van der Waals surface area contributed by atoms with Crippen LogP contribution in [0.4, 0.5) is 0 Å². The van der Waals surface area contributed by atoms with Gasteiger partial charge >= 0.3 is 0 Å². The summed E-state index contributed by atoms with van der Waals surface area (Å²) in [5.41, 5.74) is 1.72. The molecule has 1 aromatic heterocycles. The largest absolute Gasteiger partial charge is 0.334 e. The Kier molecular flexibility index (Phi) is 4.48. The van der Waals surface area contributed by atoms with Gasteiger partial charge in [-0.05, 0) is 49.9 Å². The van der Waals surface area contributed by atoms with Gasteiger partial charge in [0.1, 0.15) is 6.04 Å². The third-order valence-corrected chi connectivity index (χ3v) is 5.43. The highest BCUT2D eigenvalue weighted by Crippen LogP contribution is 2.32. The highest BCUT2D eigenvalue weighted by molar-refractivity contribution is 6.22. The molecule has 4 rings (SSSR count). The Hall–Kier alpha value is -3.02. The molecule has 2 atom stereocenters. The van der Waals surface area contributed by atoms with Crippen LogP contribution in [0.5, 0.6) is 0 Å². The van der Waals surface area contributed by atoms with Crippen molar-refractivity contribution in [3.63, 3.8) is 0 Å². The van der Waals surface area contributed by atoms with Gasteiger partial charge in [0, 0.05) is 18.9 Å². The van der Waals surface area contributed by atoms with Crippen LogP contribution < -0.4 is 0 Å². The van der Waals surface area contributed by atoms with Gasteiger partial charge in [-0.15, -0.1) is 0 Å². The van der Waals surface area contributed by atoms with Crippen LogP contribution in [0.15, 0.2) is 48.8 Å². The molecule has 3 amide bonds. The Balaban J connectivity index is 1.60. The third-order valence-electron chi connectivity index (χ3n) is 5.43. The maximum Gasteiger partial charge on any atom is 0.262 e. The van der Waals surface area contributed by atoms with Crippen LogP contribution in [0.3, 0.4) is 0 Å². The maximum absolute atomic E-state index is 13.3. The average molecular weight is 363 g/mol. The molecule has 0 bridgehead atoms. The number of benzene rings is 1. The number of amides is 3. The van der Waals surface area contributed by atoms with Gasteiger partial charge in [-0.25, -0.2) is 0 Å². The van der Waals surface area contributed by atoms with Crippen LogP contribution in [0.1, 0.15) is 58.5 Å². The van der Waals surface area contributed by atoms with E-state index in [0.717, 1.165) is 29.7 Å². The first-order valence-corrected chi connectivity index (χ1v) is 9.27. The molecule has 6 nitrogen and oxygen atoms in total. The van der Waals surface area contributed by atoms with Crippen molar-refractivity contribution in [3.05, 3.63) is 65.5 Å². The summed E-state index contributed by atoms with van der Waals surface area (Å²) < 4.78 is 0. The van der Waals surface area contributed by atoms with Gasteiger partial charge in [0.25, 0.3) is 11.8 Å². The van der Waals surface area contributed by atoms with Crippen LogP contribution in [0, 0.1) is 0 Å². The van der Waals surface area contributed by atoms with Gasteiger partial charge in [-0.3, -0.25) is 24.3 Å². The summed E-state index contributed by atoms with van der Waals surface area (Å²) in [6.45, 7) is 2.25. The lowest BCUT2D eigenvalue weighted by molar-refractivity contribution is -0.138. The summed E-state index contributed by atoms with van der Waals surface area (Å²) in [5, 5.41) is 0. The fourth-order valence-corrected chi connectivity index (χ4v) is 4.03. The Labute approximate surface area is 157 Å². The third kappa shape index (κ3) is 2.91. The van der Waals surface area contributed by atoms with Gasteiger partial charge in [0.2, 0.25) is 5.91 Å². The fraction of sp³-hybridized carbons (Fsp3) is 0.333. The number of rotatable bonds is 3. The monoisotopic (exact) mass is 363 g/mol. The molecular weight excluding hydrogens is 342 g/mol. The van der Waals surface area contributed by atoms with Crippen molar-refractivity contribution in [1.82, 2.24) is 14.8 Å². The van der Waals surface area contributed by atoms with E-state index in [9.17, 15) is 14.4 Å². The number of pyridine rings is 1. The van der Waals surface area contributed by atoms with Crippen molar-refractivity contribution in [2.45, 2.75) is 38.3 Å². The molecule has 138 valence electrons. The van der Waals surface area contributed by atoms with Crippen molar-refractivity contribution < 1.29 is 14.4 Å².